The van der Waals surface area contributed by atoms with E-state index >= 15 is 0 Å². The fourth-order valence-corrected chi connectivity index (χ4v) is 3.98. The highest BCUT2D eigenvalue weighted by atomic mass is 32.2. The molecule has 0 radical (unpaired) electrons. The van der Waals surface area contributed by atoms with Crippen molar-refractivity contribution >= 4 is 21.6 Å². The van der Waals surface area contributed by atoms with Crippen LogP contribution in [-0.4, -0.2) is 45.1 Å². The zero-order valence-electron chi connectivity index (χ0n) is 15.6. The summed E-state index contributed by atoms with van der Waals surface area (Å²) in [7, 11) is -1.96. The summed E-state index contributed by atoms with van der Waals surface area (Å²) in [6, 6.07) is 14.9. The topological polar surface area (TPSA) is 66.9 Å². The highest BCUT2D eigenvalue weighted by molar-refractivity contribution is 7.88. The number of para-hydroxylation sites is 1. The Bertz CT molecular complexity index is 910. The summed E-state index contributed by atoms with van der Waals surface area (Å²) < 4.78 is 30.8. The number of rotatable bonds is 6. The van der Waals surface area contributed by atoms with E-state index in [0.29, 0.717) is 12.3 Å². The maximum absolute atomic E-state index is 12.9. The predicted octanol–water partition coefficient (Wildman–Crippen LogP) is 2.44. The van der Waals surface area contributed by atoms with Gasteiger partial charge in [-0.3, -0.25) is 4.79 Å². The second kappa shape index (κ2) is 8.10. The smallest absolute Gasteiger partial charge is 0.242 e. The molecular formula is C20H24N2O4S. The van der Waals surface area contributed by atoms with Crippen molar-refractivity contribution in [3.05, 3.63) is 59.7 Å². The summed E-state index contributed by atoms with van der Waals surface area (Å²) in [6.45, 7) is 0.569. The number of hydrogen-bond acceptors (Lipinski definition) is 4. The number of amides is 1. The summed E-state index contributed by atoms with van der Waals surface area (Å²) >= 11 is 0. The molecule has 1 aliphatic heterocycles. The molecule has 7 heteroatoms. The Morgan fingerprint density at radius 2 is 1.85 bits per heavy atom. The van der Waals surface area contributed by atoms with E-state index < -0.39 is 10.0 Å². The molecule has 1 heterocycles. The van der Waals surface area contributed by atoms with Gasteiger partial charge in [0, 0.05) is 18.8 Å². The summed E-state index contributed by atoms with van der Waals surface area (Å²) in [6.07, 6.45) is 2.94. The van der Waals surface area contributed by atoms with Crippen LogP contribution in [0.4, 0.5) is 5.69 Å². The molecule has 0 fully saturated rings. The molecule has 2 aromatic carbocycles. The number of anilines is 1. The number of ether oxygens (including phenoxy) is 1. The molecule has 0 spiro atoms. The van der Waals surface area contributed by atoms with Crippen molar-refractivity contribution in [2.24, 2.45) is 0 Å². The van der Waals surface area contributed by atoms with Gasteiger partial charge in [0.15, 0.2) is 0 Å². The molecule has 0 N–H and O–H groups in total. The molecule has 0 aliphatic carbocycles. The van der Waals surface area contributed by atoms with Crippen LogP contribution in [0.2, 0.25) is 0 Å². The maximum Gasteiger partial charge on any atom is 0.242 e. The van der Waals surface area contributed by atoms with Crippen LogP contribution in [0.3, 0.4) is 0 Å². The Hall–Kier alpha value is -2.38. The number of aryl methyl sites for hydroxylation is 1. The lowest BCUT2D eigenvalue weighted by Crippen LogP contribution is -2.44. The summed E-state index contributed by atoms with van der Waals surface area (Å²) in [5.41, 5.74) is 2.80. The van der Waals surface area contributed by atoms with Gasteiger partial charge in [0.1, 0.15) is 5.75 Å². The average molecular weight is 388 g/mol. The number of methoxy groups -OCH3 is 1. The second-order valence-corrected chi connectivity index (χ2v) is 8.64. The molecule has 0 aromatic heterocycles. The highest BCUT2D eigenvalue weighted by Gasteiger charge is 2.27. The summed E-state index contributed by atoms with van der Waals surface area (Å²) in [5.74, 6) is 0.492. The van der Waals surface area contributed by atoms with Gasteiger partial charge in [-0.15, -0.1) is 0 Å². The van der Waals surface area contributed by atoms with Gasteiger partial charge >= 0.3 is 0 Å². The third-order valence-corrected chi connectivity index (χ3v) is 5.91. The zero-order chi connectivity index (χ0) is 19.4. The van der Waals surface area contributed by atoms with Gasteiger partial charge in [-0.25, -0.2) is 8.42 Å². The van der Waals surface area contributed by atoms with Crippen molar-refractivity contribution in [1.82, 2.24) is 4.31 Å². The lowest BCUT2D eigenvalue weighted by molar-refractivity contribution is -0.119. The fraction of sp³-hybridized carbons (Fsp3) is 0.350. The van der Waals surface area contributed by atoms with Crippen LogP contribution in [0.25, 0.3) is 0 Å². The number of sulfonamides is 1. The van der Waals surface area contributed by atoms with E-state index in [2.05, 4.69) is 0 Å². The van der Waals surface area contributed by atoms with E-state index in [0.717, 1.165) is 35.9 Å². The third kappa shape index (κ3) is 4.67. The van der Waals surface area contributed by atoms with E-state index in [1.807, 2.05) is 24.3 Å². The van der Waals surface area contributed by atoms with Crippen molar-refractivity contribution in [3.8, 4) is 5.75 Å². The Balaban J connectivity index is 1.78. The van der Waals surface area contributed by atoms with Gasteiger partial charge in [-0.1, -0.05) is 30.3 Å². The molecule has 0 saturated carbocycles. The highest BCUT2D eigenvalue weighted by Crippen LogP contribution is 2.27. The molecule has 0 saturated heterocycles. The molecule has 6 nitrogen and oxygen atoms in total. The first kappa shape index (κ1) is 19.4. The molecule has 1 amide bonds. The van der Waals surface area contributed by atoms with E-state index in [-0.39, 0.29) is 19.0 Å². The van der Waals surface area contributed by atoms with Crippen LogP contribution < -0.4 is 9.64 Å². The van der Waals surface area contributed by atoms with Gasteiger partial charge in [0.2, 0.25) is 15.9 Å². The van der Waals surface area contributed by atoms with Crippen LogP contribution in [0, 0.1) is 0 Å². The number of hydrogen-bond donors (Lipinski definition) is 0. The summed E-state index contributed by atoms with van der Waals surface area (Å²) in [4.78, 5) is 14.6. The Kier molecular flexibility index (Phi) is 5.82. The minimum Gasteiger partial charge on any atom is -0.497 e. The van der Waals surface area contributed by atoms with Gasteiger partial charge in [-0.05, 0) is 42.2 Å². The van der Waals surface area contributed by atoms with E-state index in [1.165, 1.54) is 4.31 Å². The van der Waals surface area contributed by atoms with Crippen molar-refractivity contribution in [2.75, 3.05) is 31.4 Å². The molecule has 0 bridgehead atoms. The second-order valence-electron chi connectivity index (χ2n) is 6.66. The molecule has 3 rings (SSSR count). The van der Waals surface area contributed by atoms with Crippen molar-refractivity contribution in [1.29, 1.82) is 0 Å². The SMILES string of the molecule is COc1ccc(CN(CC(=O)N2CCCc3ccccc32)S(C)(=O)=O)cc1. The molecule has 0 unspecified atom stereocenters. The minimum absolute atomic E-state index is 0.143. The Morgan fingerprint density at radius 3 is 2.52 bits per heavy atom. The molecular weight excluding hydrogens is 364 g/mol. The third-order valence-electron chi connectivity index (χ3n) is 4.71. The van der Waals surface area contributed by atoms with Crippen molar-refractivity contribution < 1.29 is 17.9 Å². The van der Waals surface area contributed by atoms with Crippen molar-refractivity contribution in [3.63, 3.8) is 0 Å². The zero-order valence-corrected chi connectivity index (χ0v) is 16.4. The van der Waals surface area contributed by atoms with Crippen LogP contribution in [0.15, 0.2) is 48.5 Å². The normalized spacial score (nSPS) is 14.1. The molecule has 144 valence electrons. The first-order chi connectivity index (χ1) is 12.9. The van der Waals surface area contributed by atoms with Crippen LogP contribution in [-0.2, 0) is 27.8 Å². The number of nitrogens with zero attached hydrogens (tertiary/aromatic N) is 2. The van der Waals surface area contributed by atoms with Gasteiger partial charge < -0.3 is 9.64 Å². The quantitative estimate of drug-likeness (QED) is 0.762. The molecule has 2 aromatic rings. The predicted molar refractivity (Wildman–Crippen MR) is 105 cm³/mol. The standard InChI is InChI=1S/C20H24N2O4S/c1-26-18-11-9-16(10-12-18)14-21(27(2,24)25)15-20(23)22-13-5-7-17-6-3-4-8-19(17)22/h3-4,6,8-12H,5,7,13-15H2,1-2H3. The van der Waals surface area contributed by atoms with Crippen molar-refractivity contribution in [2.45, 2.75) is 19.4 Å². The van der Waals surface area contributed by atoms with E-state index in [9.17, 15) is 13.2 Å². The number of carbonyl (C=O) groups excluding carboxylic acids is 1. The average Bonchev–Trinajstić information content (AvgIpc) is 2.66. The largest absolute Gasteiger partial charge is 0.497 e. The molecule has 0 atom stereocenters. The van der Waals surface area contributed by atoms with Gasteiger partial charge in [0.05, 0.1) is 19.9 Å². The van der Waals surface area contributed by atoms with E-state index in [1.54, 1.807) is 36.3 Å². The lowest BCUT2D eigenvalue weighted by atomic mass is 10.0. The maximum atomic E-state index is 12.9. The first-order valence-corrected chi connectivity index (χ1v) is 10.7. The van der Waals surface area contributed by atoms with Gasteiger partial charge in [-0.2, -0.15) is 4.31 Å². The molecule has 1 aliphatic rings. The minimum atomic E-state index is -3.54. The fourth-order valence-electron chi connectivity index (χ4n) is 3.25. The lowest BCUT2D eigenvalue weighted by Gasteiger charge is -2.31. The number of benzene rings is 2. The van der Waals surface area contributed by atoms with Crippen LogP contribution >= 0.6 is 0 Å². The van der Waals surface area contributed by atoms with Crippen LogP contribution in [0.1, 0.15) is 17.5 Å². The summed E-state index contributed by atoms with van der Waals surface area (Å²) in [5, 5.41) is 0. The molecule has 27 heavy (non-hydrogen) atoms. The van der Waals surface area contributed by atoms with Crippen LogP contribution in [0.5, 0.6) is 5.75 Å². The van der Waals surface area contributed by atoms with E-state index in [4.69, 9.17) is 4.74 Å². The number of carbonyl (C=O) groups is 1. The monoisotopic (exact) mass is 388 g/mol. The Morgan fingerprint density at radius 1 is 1.15 bits per heavy atom. The first-order valence-electron chi connectivity index (χ1n) is 8.85. The van der Waals surface area contributed by atoms with Gasteiger partial charge in [0.25, 0.3) is 0 Å². The Labute approximate surface area is 160 Å². The number of fused-ring (bicyclic) bond motifs is 1.